The molecule has 1 atom stereocenters. The third kappa shape index (κ3) is 6.34. The van der Waals surface area contributed by atoms with Gasteiger partial charge in [-0.05, 0) is 31.4 Å². The number of pyridine rings is 1. The molecule has 0 aliphatic heterocycles. The van der Waals surface area contributed by atoms with Crippen molar-refractivity contribution in [2.45, 2.75) is 57.7 Å². The number of alkyl halides is 2. The van der Waals surface area contributed by atoms with Crippen molar-refractivity contribution in [2.24, 2.45) is 0 Å². The van der Waals surface area contributed by atoms with Gasteiger partial charge < -0.3 is 15.5 Å². The van der Waals surface area contributed by atoms with E-state index in [1.54, 1.807) is 32.3 Å². The van der Waals surface area contributed by atoms with Crippen LogP contribution in [0.5, 0.6) is 0 Å². The second-order valence-corrected chi connectivity index (χ2v) is 8.17. The van der Waals surface area contributed by atoms with Crippen LogP contribution in [0.4, 0.5) is 20.5 Å². The molecule has 1 unspecified atom stereocenters. The first-order valence-electron chi connectivity index (χ1n) is 11.3. The summed E-state index contributed by atoms with van der Waals surface area (Å²) in [7, 11) is 1.56. The lowest BCUT2D eigenvalue weighted by Gasteiger charge is -2.24. The van der Waals surface area contributed by atoms with Crippen molar-refractivity contribution in [3.8, 4) is 11.3 Å². The van der Waals surface area contributed by atoms with E-state index in [1.807, 2.05) is 0 Å². The number of hydrogen-bond donors (Lipinski definition) is 2. The minimum absolute atomic E-state index is 0.0378. The lowest BCUT2D eigenvalue weighted by molar-refractivity contribution is 0.0785. The Labute approximate surface area is 188 Å². The molecule has 3 rings (SSSR count). The van der Waals surface area contributed by atoms with Gasteiger partial charge in [0, 0.05) is 38.6 Å². The quantitative estimate of drug-likeness (QED) is 0.560. The molecular weight excluding hydrogens is 414 g/mol. The summed E-state index contributed by atoms with van der Waals surface area (Å²) in [6, 6.07) is 3.72. The summed E-state index contributed by atoms with van der Waals surface area (Å²) in [4.78, 5) is 27.1. The number of nitrogens with one attached hydrogen (secondary N) is 2. The van der Waals surface area contributed by atoms with Crippen LogP contribution in [-0.2, 0) is 0 Å². The first kappa shape index (κ1) is 23.8. The molecule has 2 heterocycles. The van der Waals surface area contributed by atoms with Crippen LogP contribution in [0.1, 0.15) is 55.8 Å². The summed E-state index contributed by atoms with van der Waals surface area (Å²) in [6.07, 6.45) is 8.33. The Bertz CT molecular complexity index is 873. The molecule has 9 heteroatoms. The van der Waals surface area contributed by atoms with Gasteiger partial charge in [-0.25, -0.2) is 13.8 Å². The zero-order valence-electron chi connectivity index (χ0n) is 18.8. The molecule has 0 radical (unpaired) electrons. The fraction of sp³-hybridized carbons (Fsp3) is 0.565. The standard InChI is InChI=1S/C23H32F2N6O/c1-3-17(25)14-27-23-28-15-19(21(30-23)29-18-7-5-4-6-8-18)20-10-9-16(13-26-20)22(32)31(2)12-11-24/h9-10,13,15,17-18H,3-8,11-12,14H2,1-2H3,(H2,27,28,29,30). The van der Waals surface area contributed by atoms with Gasteiger partial charge in [0.25, 0.3) is 5.91 Å². The average molecular weight is 447 g/mol. The summed E-state index contributed by atoms with van der Waals surface area (Å²) < 4.78 is 26.2. The van der Waals surface area contributed by atoms with Crippen LogP contribution in [0.15, 0.2) is 24.5 Å². The van der Waals surface area contributed by atoms with Gasteiger partial charge in [-0.15, -0.1) is 0 Å². The van der Waals surface area contributed by atoms with Crippen LogP contribution in [0.25, 0.3) is 11.3 Å². The first-order chi connectivity index (χ1) is 15.5. The Kier molecular flexibility index (Phi) is 8.70. The van der Waals surface area contributed by atoms with Gasteiger partial charge in [0.1, 0.15) is 18.7 Å². The molecular formula is C23H32F2N6O. The molecule has 2 aromatic rings. The van der Waals surface area contributed by atoms with Gasteiger partial charge in [-0.2, -0.15) is 4.98 Å². The maximum Gasteiger partial charge on any atom is 0.255 e. The Balaban J connectivity index is 1.83. The summed E-state index contributed by atoms with van der Waals surface area (Å²) >= 11 is 0. The van der Waals surface area contributed by atoms with Crippen molar-refractivity contribution in [1.29, 1.82) is 0 Å². The first-order valence-corrected chi connectivity index (χ1v) is 11.3. The molecule has 0 bridgehead atoms. The molecule has 2 aromatic heterocycles. The zero-order chi connectivity index (χ0) is 22.9. The predicted molar refractivity (Wildman–Crippen MR) is 122 cm³/mol. The van der Waals surface area contributed by atoms with E-state index >= 15 is 0 Å². The predicted octanol–water partition coefficient (Wildman–Crippen LogP) is 4.48. The summed E-state index contributed by atoms with van der Waals surface area (Å²) in [5.74, 6) is 0.722. The molecule has 0 spiro atoms. The molecule has 0 aromatic carbocycles. The largest absolute Gasteiger partial charge is 0.367 e. The maximum absolute atomic E-state index is 13.6. The number of carbonyl (C=O) groups excluding carboxylic acids is 1. The topological polar surface area (TPSA) is 83.0 Å². The van der Waals surface area contributed by atoms with Crippen LogP contribution in [0, 0.1) is 0 Å². The molecule has 1 aliphatic carbocycles. The van der Waals surface area contributed by atoms with Crippen LogP contribution in [0.2, 0.25) is 0 Å². The van der Waals surface area contributed by atoms with E-state index in [0.717, 1.165) is 12.8 Å². The van der Waals surface area contributed by atoms with Crippen LogP contribution in [0.3, 0.4) is 0 Å². The number of rotatable bonds is 10. The fourth-order valence-electron chi connectivity index (χ4n) is 3.68. The molecule has 1 aliphatic rings. The van der Waals surface area contributed by atoms with Crippen molar-refractivity contribution >= 4 is 17.7 Å². The summed E-state index contributed by atoms with van der Waals surface area (Å²) in [6.45, 7) is 1.39. The third-order valence-corrected chi connectivity index (χ3v) is 5.71. The highest BCUT2D eigenvalue weighted by molar-refractivity contribution is 5.94. The summed E-state index contributed by atoms with van der Waals surface area (Å²) in [5.41, 5.74) is 1.72. The average Bonchev–Trinajstić information content (AvgIpc) is 2.83. The zero-order valence-corrected chi connectivity index (χ0v) is 18.8. The molecule has 32 heavy (non-hydrogen) atoms. The van der Waals surface area contributed by atoms with Gasteiger partial charge in [0.2, 0.25) is 5.95 Å². The summed E-state index contributed by atoms with van der Waals surface area (Å²) in [5, 5.41) is 6.48. The van der Waals surface area contributed by atoms with Crippen molar-refractivity contribution in [3.05, 3.63) is 30.1 Å². The molecule has 0 saturated heterocycles. The number of halogens is 2. The molecule has 1 fully saturated rings. The third-order valence-electron chi connectivity index (χ3n) is 5.71. The van der Waals surface area contributed by atoms with E-state index in [0.29, 0.717) is 41.0 Å². The van der Waals surface area contributed by atoms with Gasteiger partial charge in [0.05, 0.1) is 16.8 Å². The van der Waals surface area contributed by atoms with E-state index < -0.39 is 12.8 Å². The number of aromatic nitrogens is 3. The van der Waals surface area contributed by atoms with Crippen LogP contribution >= 0.6 is 0 Å². The molecule has 174 valence electrons. The lowest BCUT2D eigenvalue weighted by Crippen LogP contribution is -2.28. The highest BCUT2D eigenvalue weighted by atomic mass is 19.1. The lowest BCUT2D eigenvalue weighted by atomic mass is 9.95. The van der Waals surface area contributed by atoms with E-state index in [4.69, 9.17) is 0 Å². The second kappa shape index (κ2) is 11.7. The van der Waals surface area contributed by atoms with Crippen molar-refractivity contribution in [1.82, 2.24) is 19.9 Å². The van der Waals surface area contributed by atoms with Crippen LogP contribution < -0.4 is 10.6 Å². The van der Waals surface area contributed by atoms with E-state index in [1.165, 1.54) is 30.4 Å². The Morgan fingerprint density at radius 2 is 2.00 bits per heavy atom. The normalized spacial score (nSPS) is 15.2. The van der Waals surface area contributed by atoms with E-state index in [2.05, 4.69) is 25.6 Å². The smallest absolute Gasteiger partial charge is 0.255 e. The Morgan fingerprint density at radius 3 is 2.66 bits per heavy atom. The highest BCUT2D eigenvalue weighted by Crippen LogP contribution is 2.29. The SMILES string of the molecule is CCC(F)CNc1ncc(-c2ccc(C(=O)N(C)CCF)cn2)c(NC2CCCCC2)n1. The molecule has 1 saturated carbocycles. The van der Waals surface area contributed by atoms with E-state index in [-0.39, 0.29) is 19.0 Å². The number of anilines is 2. The van der Waals surface area contributed by atoms with Gasteiger partial charge in [-0.3, -0.25) is 9.78 Å². The number of nitrogens with zero attached hydrogens (tertiary/aromatic N) is 4. The van der Waals surface area contributed by atoms with E-state index in [9.17, 15) is 13.6 Å². The second-order valence-electron chi connectivity index (χ2n) is 8.17. The van der Waals surface area contributed by atoms with Crippen molar-refractivity contribution in [2.75, 3.05) is 37.4 Å². The molecule has 2 N–H and O–H groups in total. The Morgan fingerprint density at radius 1 is 1.22 bits per heavy atom. The number of carbonyl (C=O) groups is 1. The number of hydrogen-bond acceptors (Lipinski definition) is 6. The molecule has 7 nitrogen and oxygen atoms in total. The fourth-order valence-corrected chi connectivity index (χ4v) is 3.68. The number of amides is 1. The Hall–Kier alpha value is -2.84. The minimum Gasteiger partial charge on any atom is -0.367 e. The minimum atomic E-state index is -0.963. The van der Waals surface area contributed by atoms with Crippen LogP contribution in [-0.4, -0.2) is 64.8 Å². The monoisotopic (exact) mass is 446 g/mol. The van der Waals surface area contributed by atoms with Crippen molar-refractivity contribution in [3.63, 3.8) is 0 Å². The van der Waals surface area contributed by atoms with Gasteiger partial charge in [-0.1, -0.05) is 26.2 Å². The molecule has 1 amide bonds. The maximum atomic E-state index is 13.6. The highest BCUT2D eigenvalue weighted by Gasteiger charge is 2.19. The van der Waals surface area contributed by atoms with Gasteiger partial charge >= 0.3 is 0 Å². The van der Waals surface area contributed by atoms with Gasteiger partial charge in [0.15, 0.2) is 0 Å². The van der Waals surface area contributed by atoms with Crippen molar-refractivity contribution < 1.29 is 13.6 Å².